The number of fused-ring (bicyclic) bond motifs is 1. The Hall–Kier alpha value is -0.930. The molecule has 110 valence electrons. The highest BCUT2D eigenvalue weighted by atomic mass is 35.5. The number of nitrogens with one attached hydrogen (secondary N) is 1. The molecule has 2 aliphatic rings. The molecular weight excluding hydrogens is 274 g/mol. The molecule has 20 heavy (non-hydrogen) atoms. The van der Waals surface area contributed by atoms with Crippen LogP contribution in [-0.2, 0) is 6.54 Å². The van der Waals surface area contributed by atoms with Crippen LogP contribution in [0, 0.1) is 5.41 Å². The smallest absolute Gasteiger partial charge is 0.179 e. The van der Waals surface area contributed by atoms with Crippen molar-refractivity contribution in [2.45, 2.75) is 39.2 Å². The zero-order valence-corrected chi connectivity index (χ0v) is 12.8. The molecule has 1 aromatic rings. The van der Waals surface area contributed by atoms with E-state index in [0.717, 1.165) is 24.4 Å². The Balaban J connectivity index is 1.61. The molecule has 0 atom stereocenters. The van der Waals surface area contributed by atoms with E-state index < -0.39 is 0 Å². The Kier molecular flexibility index (Phi) is 4.08. The van der Waals surface area contributed by atoms with E-state index in [1.165, 1.54) is 25.7 Å². The van der Waals surface area contributed by atoms with E-state index in [9.17, 15) is 0 Å². The molecule has 3 nitrogen and oxygen atoms in total. The van der Waals surface area contributed by atoms with Crippen LogP contribution in [0.2, 0.25) is 5.02 Å². The maximum Gasteiger partial charge on any atom is 0.179 e. The van der Waals surface area contributed by atoms with E-state index in [1.807, 2.05) is 12.1 Å². The van der Waals surface area contributed by atoms with Crippen molar-refractivity contribution in [1.29, 1.82) is 0 Å². The summed E-state index contributed by atoms with van der Waals surface area (Å²) in [6.45, 7) is 5.44. The zero-order chi connectivity index (χ0) is 14.0. The topological polar surface area (TPSA) is 30.5 Å². The van der Waals surface area contributed by atoms with Gasteiger partial charge >= 0.3 is 0 Å². The van der Waals surface area contributed by atoms with Gasteiger partial charge in [0.15, 0.2) is 11.5 Å². The molecule has 1 aromatic carbocycles. The van der Waals surface area contributed by atoms with Gasteiger partial charge in [-0.1, -0.05) is 31.4 Å². The molecule has 0 unspecified atom stereocenters. The van der Waals surface area contributed by atoms with Gasteiger partial charge in [0.05, 0.1) is 5.02 Å². The third-order valence-corrected chi connectivity index (χ3v) is 4.63. The largest absolute Gasteiger partial charge is 0.486 e. The van der Waals surface area contributed by atoms with Crippen LogP contribution in [0.1, 0.15) is 38.2 Å². The van der Waals surface area contributed by atoms with Gasteiger partial charge < -0.3 is 14.8 Å². The number of hydrogen-bond donors (Lipinski definition) is 1. The minimum Gasteiger partial charge on any atom is -0.486 e. The molecule has 4 heteroatoms. The van der Waals surface area contributed by atoms with Crippen molar-refractivity contribution in [3.8, 4) is 11.5 Å². The van der Waals surface area contributed by atoms with Crippen LogP contribution in [0.3, 0.4) is 0 Å². The summed E-state index contributed by atoms with van der Waals surface area (Å²) < 4.78 is 11.1. The first-order valence-electron chi connectivity index (χ1n) is 7.45. The molecule has 0 bridgehead atoms. The second-order valence-corrected chi connectivity index (χ2v) is 6.63. The van der Waals surface area contributed by atoms with Crippen LogP contribution in [0.15, 0.2) is 12.1 Å². The summed E-state index contributed by atoms with van der Waals surface area (Å²) >= 11 is 6.25. The van der Waals surface area contributed by atoms with Gasteiger partial charge in [0.25, 0.3) is 0 Å². The predicted molar refractivity (Wildman–Crippen MR) is 80.7 cm³/mol. The SMILES string of the molecule is CC1(CNCc2cc(Cl)c3c(c2)OCCO3)CCCC1. The van der Waals surface area contributed by atoms with E-state index in [0.29, 0.717) is 29.4 Å². The van der Waals surface area contributed by atoms with Gasteiger partial charge in [-0.05, 0) is 36.0 Å². The average Bonchev–Trinajstić information content (AvgIpc) is 2.86. The monoisotopic (exact) mass is 295 g/mol. The fraction of sp³-hybridized carbons (Fsp3) is 0.625. The summed E-state index contributed by atoms with van der Waals surface area (Å²) in [5.41, 5.74) is 1.62. The normalized spacial score (nSPS) is 20.1. The van der Waals surface area contributed by atoms with Gasteiger partial charge in [-0.2, -0.15) is 0 Å². The quantitative estimate of drug-likeness (QED) is 0.917. The highest BCUT2D eigenvalue weighted by molar-refractivity contribution is 6.32. The molecule has 0 saturated heterocycles. The molecule has 3 rings (SSSR count). The Bertz CT molecular complexity index is 484. The van der Waals surface area contributed by atoms with Crippen LogP contribution in [0.25, 0.3) is 0 Å². The van der Waals surface area contributed by atoms with Gasteiger partial charge in [0, 0.05) is 13.1 Å². The van der Waals surface area contributed by atoms with E-state index in [2.05, 4.69) is 12.2 Å². The standard InChI is InChI=1S/C16H22ClNO2/c1-16(4-2-3-5-16)11-18-10-12-8-13(17)15-14(9-12)19-6-7-20-15/h8-9,18H,2-7,10-11H2,1H3. The van der Waals surface area contributed by atoms with Crippen molar-refractivity contribution >= 4 is 11.6 Å². The number of ether oxygens (including phenoxy) is 2. The second kappa shape index (κ2) is 5.82. The second-order valence-electron chi connectivity index (χ2n) is 6.22. The summed E-state index contributed by atoms with van der Waals surface area (Å²) in [4.78, 5) is 0. The van der Waals surface area contributed by atoms with Crippen molar-refractivity contribution < 1.29 is 9.47 Å². The van der Waals surface area contributed by atoms with Crippen molar-refractivity contribution in [1.82, 2.24) is 5.32 Å². The Morgan fingerprint density at radius 3 is 2.75 bits per heavy atom. The maximum atomic E-state index is 6.25. The fourth-order valence-corrected chi connectivity index (χ4v) is 3.47. The summed E-state index contributed by atoms with van der Waals surface area (Å²) in [7, 11) is 0. The van der Waals surface area contributed by atoms with Crippen LogP contribution in [-0.4, -0.2) is 19.8 Å². The maximum absolute atomic E-state index is 6.25. The van der Waals surface area contributed by atoms with E-state index in [-0.39, 0.29) is 0 Å². The average molecular weight is 296 g/mol. The van der Waals surface area contributed by atoms with E-state index in [4.69, 9.17) is 21.1 Å². The number of hydrogen-bond acceptors (Lipinski definition) is 3. The zero-order valence-electron chi connectivity index (χ0n) is 12.0. The van der Waals surface area contributed by atoms with Crippen LogP contribution < -0.4 is 14.8 Å². The van der Waals surface area contributed by atoms with Crippen molar-refractivity contribution in [3.63, 3.8) is 0 Å². The van der Waals surface area contributed by atoms with Crippen molar-refractivity contribution in [2.75, 3.05) is 19.8 Å². The molecular formula is C16H22ClNO2. The van der Waals surface area contributed by atoms with Crippen LogP contribution in [0.5, 0.6) is 11.5 Å². The van der Waals surface area contributed by atoms with Gasteiger partial charge in [0.2, 0.25) is 0 Å². The number of benzene rings is 1. The van der Waals surface area contributed by atoms with E-state index in [1.54, 1.807) is 0 Å². The minimum absolute atomic E-state index is 0.470. The summed E-state index contributed by atoms with van der Waals surface area (Å²) in [5, 5.41) is 4.21. The molecule has 0 amide bonds. The lowest BCUT2D eigenvalue weighted by Crippen LogP contribution is -2.29. The lowest BCUT2D eigenvalue weighted by Gasteiger charge is -2.24. The molecule has 1 heterocycles. The molecule has 1 fully saturated rings. The first kappa shape index (κ1) is 14.0. The van der Waals surface area contributed by atoms with Gasteiger partial charge in [0.1, 0.15) is 13.2 Å². The molecule has 1 aliphatic heterocycles. The van der Waals surface area contributed by atoms with Crippen LogP contribution in [0.4, 0.5) is 0 Å². The first-order chi connectivity index (χ1) is 9.66. The van der Waals surface area contributed by atoms with Crippen molar-refractivity contribution in [2.24, 2.45) is 5.41 Å². The number of rotatable bonds is 4. The molecule has 1 aliphatic carbocycles. The Morgan fingerprint density at radius 2 is 1.95 bits per heavy atom. The molecule has 1 N–H and O–H groups in total. The number of halogens is 1. The van der Waals surface area contributed by atoms with Gasteiger partial charge in [-0.15, -0.1) is 0 Å². The van der Waals surface area contributed by atoms with Crippen molar-refractivity contribution in [3.05, 3.63) is 22.7 Å². The molecule has 0 aromatic heterocycles. The third-order valence-electron chi connectivity index (χ3n) is 4.35. The first-order valence-corrected chi connectivity index (χ1v) is 7.83. The predicted octanol–water partition coefficient (Wildman–Crippen LogP) is 3.78. The molecule has 0 radical (unpaired) electrons. The third kappa shape index (κ3) is 3.04. The highest BCUT2D eigenvalue weighted by Crippen LogP contribution is 2.39. The minimum atomic E-state index is 0.470. The van der Waals surface area contributed by atoms with Gasteiger partial charge in [-0.25, -0.2) is 0 Å². The lowest BCUT2D eigenvalue weighted by atomic mass is 9.89. The summed E-state index contributed by atoms with van der Waals surface area (Å²) in [6, 6.07) is 4.00. The Morgan fingerprint density at radius 1 is 1.20 bits per heavy atom. The lowest BCUT2D eigenvalue weighted by molar-refractivity contribution is 0.171. The van der Waals surface area contributed by atoms with E-state index >= 15 is 0 Å². The Labute approximate surface area is 125 Å². The molecule has 1 saturated carbocycles. The van der Waals surface area contributed by atoms with Crippen LogP contribution >= 0.6 is 11.6 Å². The van der Waals surface area contributed by atoms with Gasteiger partial charge in [-0.3, -0.25) is 0 Å². The summed E-state index contributed by atoms with van der Waals surface area (Å²) in [6.07, 6.45) is 5.41. The summed E-state index contributed by atoms with van der Waals surface area (Å²) in [5.74, 6) is 1.46. The highest BCUT2D eigenvalue weighted by Gasteiger charge is 2.27. The molecule has 0 spiro atoms. The fourth-order valence-electron chi connectivity index (χ4n) is 3.18.